The van der Waals surface area contributed by atoms with Crippen molar-refractivity contribution in [1.82, 2.24) is 24.9 Å². The molecular formula is C19H14N6O. The minimum Gasteiger partial charge on any atom is -0.366 e. The lowest BCUT2D eigenvalue weighted by Gasteiger charge is -2.04. The third-order valence-corrected chi connectivity index (χ3v) is 3.92. The van der Waals surface area contributed by atoms with Crippen molar-refractivity contribution in [1.29, 1.82) is 0 Å². The van der Waals surface area contributed by atoms with Crippen molar-refractivity contribution < 1.29 is 4.79 Å². The molecule has 0 saturated carbocycles. The van der Waals surface area contributed by atoms with E-state index in [0.29, 0.717) is 5.69 Å². The Bertz CT molecular complexity index is 1120. The number of carbonyl (C=O) groups excluding carboxylic acids is 1. The molecule has 7 heteroatoms. The Balaban J connectivity index is 1.78. The molecule has 0 bridgehead atoms. The van der Waals surface area contributed by atoms with Crippen LogP contribution in [0.15, 0.2) is 61.5 Å². The quantitative estimate of drug-likeness (QED) is 0.554. The largest absolute Gasteiger partial charge is 0.366 e. The van der Waals surface area contributed by atoms with Crippen molar-refractivity contribution in [3.63, 3.8) is 0 Å². The summed E-state index contributed by atoms with van der Waals surface area (Å²) in [7, 11) is 0. The summed E-state index contributed by atoms with van der Waals surface area (Å²) < 4.78 is 0. The molecule has 0 aromatic carbocycles. The Morgan fingerprint density at radius 2 is 2.00 bits per heavy atom. The minimum absolute atomic E-state index is 0.512. The summed E-state index contributed by atoms with van der Waals surface area (Å²) in [6.07, 6.45) is 11.5. The third-order valence-electron chi connectivity index (χ3n) is 3.92. The summed E-state index contributed by atoms with van der Waals surface area (Å²) >= 11 is 0. The van der Waals surface area contributed by atoms with Crippen LogP contribution in [-0.4, -0.2) is 30.8 Å². The number of pyridine rings is 2. The zero-order valence-corrected chi connectivity index (χ0v) is 13.6. The highest BCUT2D eigenvalue weighted by Crippen LogP contribution is 2.29. The zero-order chi connectivity index (χ0) is 17.9. The minimum atomic E-state index is -0.512. The molecule has 26 heavy (non-hydrogen) atoms. The van der Waals surface area contributed by atoms with Crippen LogP contribution in [0.5, 0.6) is 0 Å². The third kappa shape index (κ3) is 3.05. The van der Waals surface area contributed by atoms with Gasteiger partial charge in [-0.05, 0) is 35.9 Å². The number of aromatic nitrogens is 5. The van der Waals surface area contributed by atoms with Crippen molar-refractivity contribution in [2.45, 2.75) is 0 Å². The zero-order valence-electron chi connectivity index (χ0n) is 13.6. The number of hydrogen-bond acceptors (Lipinski definition) is 5. The molecule has 0 radical (unpaired) electrons. The number of nitrogens with one attached hydrogen (secondary N) is 1. The molecule has 1 amide bonds. The molecule has 0 aliphatic carbocycles. The Morgan fingerprint density at radius 3 is 2.81 bits per heavy atom. The predicted molar refractivity (Wildman–Crippen MR) is 98.6 cm³/mol. The fourth-order valence-corrected chi connectivity index (χ4v) is 2.71. The van der Waals surface area contributed by atoms with Gasteiger partial charge in [-0.3, -0.25) is 9.78 Å². The Morgan fingerprint density at radius 1 is 1.08 bits per heavy atom. The molecule has 3 N–H and O–H groups in total. The number of fused-ring (bicyclic) bond motifs is 1. The van der Waals surface area contributed by atoms with Crippen molar-refractivity contribution in [2.24, 2.45) is 5.73 Å². The Hall–Kier alpha value is -3.87. The number of primary amides is 1. The molecule has 0 aliphatic rings. The van der Waals surface area contributed by atoms with E-state index in [0.717, 1.165) is 33.4 Å². The number of H-pyrrole nitrogens is 1. The summed E-state index contributed by atoms with van der Waals surface area (Å²) in [5.41, 5.74) is 10.2. The summed E-state index contributed by atoms with van der Waals surface area (Å²) in [5.74, 6) is -0.512. The molecule has 0 aliphatic heterocycles. The molecule has 7 nitrogen and oxygen atoms in total. The van der Waals surface area contributed by atoms with Crippen molar-refractivity contribution in [2.75, 3.05) is 0 Å². The molecular weight excluding hydrogens is 328 g/mol. The summed E-state index contributed by atoms with van der Waals surface area (Å²) in [4.78, 5) is 31.0. The second-order valence-corrected chi connectivity index (χ2v) is 5.62. The molecule has 126 valence electrons. The van der Waals surface area contributed by atoms with Crippen LogP contribution in [0.1, 0.15) is 5.69 Å². The van der Waals surface area contributed by atoms with E-state index in [1.165, 1.54) is 12.4 Å². The highest BCUT2D eigenvalue weighted by molar-refractivity contribution is 5.95. The predicted octanol–water partition coefficient (Wildman–Crippen LogP) is 2.58. The van der Waals surface area contributed by atoms with Gasteiger partial charge in [-0.1, -0.05) is 0 Å². The first-order chi connectivity index (χ1) is 12.7. The van der Waals surface area contributed by atoms with Crippen LogP contribution in [0.25, 0.3) is 39.5 Å². The van der Waals surface area contributed by atoms with Crippen molar-refractivity contribution in [3.8, 4) is 22.4 Å². The summed E-state index contributed by atoms with van der Waals surface area (Å²) in [6, 6.07) is 7.67. The van der Waals surface area contributed by atoms with Gasteiger partial charge < -0.3 is 10.7 Å². The average molecular weight is 342 g/mol. The van der Waals surface area contributed by atoms with Crippen LogP contribution in [0.4, 0.5) is 0 Å². The maximum atomic E-state index is 10.9. The van der Waals surface area contributed by atoms with Crippen molar-refractivity contribution in [3.05, 3.63) is 67.2 Å². The van der Waals surface area contributed by atoms with E-state index < -0.39 is 5.91 Å². The van der Waals surface area contributed by atoms with Crippen LogP contribution in [0.2, 0.25) is 0 Å². The van der Waals surface area contributed by atoms with Crippen LogP contribution in [0, 0.1) is 0 Å². The standard InChI is InChI=1S/C19H14N6O/c20-18(26)2-1-14-7-12(3-6-22-14)13-8-15-16(10-24-19(15)23-9-13)17-4-5-21-11-25-17/h1-11H,(H2,20,26)(H,23,24). The maximum Gasteiger partial charge on any atom is 0.241 e. The van der Waals surface area contributed by atoms with E-state index in [-0.39, 0.29) is 0 Å². The highest BCUT2D eigenvalue weighted by atomic mass is 16.1. The van der Waals surface area contributed by atoms with Gasteiger partial charge in [-0.15, -0.1) is 0 Å². The van der Waals surface area contributed by atoms with Gasteiger partial charge in [0.1, 0.15) is 12.0 Å². The van der Waals surface area contributed by atoms with Gasteiger partial charge in [-0.2, -0.15) is 0 Å². The second kappa shape index (κ2) is 6.56. The fraction of sp³-hybridized carbons (Fsp3) is 0. The Kier molecular flexibility index (Phi) is 3.95. The number of carbonyl (C=O) groups is 1. The summed E-state index contributed by atoms with van der Waals surface area (Å²) in [5, 5.41) is 0.965. The maximum absolute atomic E-state index is 10.9. The lowest BCUT2D eigenvalue weighted by atomic mass is 10.0. The number of nitrogens with two attached hydrogens (primary N) is 1. The molecule has 0 unspecified atom stereocenters. The average Bonchev–Trinajstić information content (AvgIpc) is 3.10. The lowest BCUT2D eigenvalue weighted by molar-refractivity contribution is -0.113. The number of rotatable bonds is 4. The van der Waals surface area contributed by atoms with E-state index in [2.05, 4.69) is 24.9 Å². The molecule has 4 aromatic heterocycles. The first kappa shape index (κ1) is 15.6. The monoisotopic (exact) mass is 342 g/mol. The molecule has 0 spiro atoms. The van der Waals surface area contributed by atoms with Gasteiger partial charge in [0.05, 0.1) is 11.4 Å². The normalized spacial score (nSPS) is 11.2. The van der Waals surface area contributed by atoms with Gasteiger partial charge in [0.15, 0.2) is 0 Å². The highest BCUT2D eigenvalue weighted by Gasteiger charge is 2.10. The van der Waals surface area contributed by atoms with Crippen LogP contribution in [0.3, 0.4) is 0 Å². The van der Waals surface area contributed by atoms with E-state index in [1.807, 2.05) is 30.5 Å². The van der Waals surface area contributed by atoms with Gasteiger partial charge in [0.2, 0.25) is 5.91 Å². The van der Waals surface area contributed by atoms with Crippen molar-refractivity contribution >= 4 is 23.0 Å². The first-order valence-corrected chi connectivity index (χ1v) is 7.88. The topological polar surface area (TPSA) is 110 Å². The van der Waals surface area contributed by atoms with E-state index in [1.54, 1.807) is 24.7 Å². The SMILES string of the molecule is NC(=O)C=Cc1cc(-c2cnc3[nH]cc(-c4ccncn4)c3c2)ccn1. The molecule has 4 rings (SSSR count). The number of nitrogens with zero attached hydrogens (tertiary/aromatic N) is 4. The molecule has 0 saturated heterocycles. The summed E-state index contributed by atoms with van der Waals surface area (Å²) in [6.45, 7) is 0. The van der Waals surface area contributed by atoms with Gasteiger partial charge >= 0.3 is 0 Å². The van der Waals surface area contributed by atoms with E-state index in [4.69, 9.17) is 5.73 Å². The van der Waals surface area contributed by atoms with Gasteiger partial charge in [0, 0.05) is 47.4 Å². The number of hydrogen-bond donors (Lipinski definition) is 2. The van der Waals surface area contributed by atoms with Gasteiger partial charge in [-0.25, -0.2) is 15.0 Å². The molecule has 0 fully saturated rings. The Labute approximate surface area is 148 Å². The first-order valence-electron chi connectivity index (χ1n) is 7.88. The number of amides is 1. The molecule has 0 atom stereocenters. The molecule has 4 heterocycles. The smallest absolute Gasteiger partial charge is 0.241 e. The number of aromatic amines is 1. The lowest BCUT2D eigenvalue weighted by Crippen LogP contribution is -2.05. The molecule has 4 aromatic rings. The van der Waals surface area contributed by atoms with Crippen LogP contribution >= 0.6 is 0 Å². The van der Waals surface area contributed by atoms with E-state index >= 15 is 0 Å². The van der Waals surface area contributed by atoms with Crippen LogP contribution in [-0.2, 0) is 4.79 Å². The van der Waals surface area contributed by atoms with Crippen LogP contribution < -0.4 is 5.73 Å². The van der Waals surface area contributed by atoms with Gasteiger partial charge in [0.25, 0.3) is 0 Å². The van der Waals surface area contributed by atoms with E-state index in [9.17, 15) is 4.79 Å². The fourth-order valence-electron chi connectivity index (χ4n) is 2.71. The second-order valence-electron chi connectivity index (χ2n) is 5.62.